The monoisotopic (exact) mass is 292 g/mol. The van der Waals surface area contributed by atoms with Crippen molar-refractivity contribution in [2.45, 2.75) is 38.6 Å². The van der Waals surface area contributed by atoms with E-state index < -0.39 is 12.3 Å². The Balaban J connectivity index is 2.15. The number of methoxy groups -OCH3 is 1. The van der Waals surface area contributed by atoms with Crippen molar-refractivity contribution in [3.63, 3.8) is 0 Å². The van der Waals surface area contributed by atoms with Crippen LogP contribution in [0.15, 0.2) is 24.3 Å². The maximum atomic E-state index is 12.1. The second-order valence-electron chi connectivity index (χ2n) is 5.12. The molecular weight excluding hydrogens is 272 g/mol. The first-order valence-corrected chi connectivity index (χ1v) is 6.89. The highest BCUT2D eigenvalue weighted by molar-refractivity contribution is 5.79. The maximum absolute atomic E-state index is 12.1. The molecule has 1 aliphatic rings. The zero-order chi connectivity index (χ0) is 15.4. The van der Waals surface area contributed by atoms with E-state index in [0.29, 0.717) is 13.0 Å². The van der Waals surface area contributed by atoms with Gasteiger partial charge in [-0.3, -0.25) is 9.59 Å². The van der Waals surface area contributed by atoms with E-state index >= 15 is 0 Å². The summed E-state index contributed by atoms with van der Waals surface area (Å²) in [7, 11) is 1.59. The number of hydrogen-bond acceptors (Lipinski definition) is 4. The van der Waals surface area contributed by atoms with Crippen LogP contribution in [0.2, 0.25) is 0 Å². The number of likely N-dealkylation sites (tertiary alicyclic amines) is 1. The van der Waals surface area contributed by atoms with E-state index in [9.17, 15) is 14.7 Å². The van der Waals surface area contributed by atoms with Crippen LogP contribution in [0.25, 0.3) is 0 Å². The average Bonchev–Trinajstić information content (AvgIpc) is 2.47. The second-order valence-corrected chi connectivity index (χ2v) is 5.12. The molecule has 6 nitrogen and oxygen atoms in total. The lowest BCUT2D eigenvalue weighted by atomic mass is 10.0. The van der Waals surface area contributed by atoms with Gasteiger partial charge in [-0.25, -0.2) is 0 Å². The minimum Gasteiger partial charge on any atom is -0.497 e. The van der Waals surface area contributed by atoms with Gasteiger partial charge in [0.2, 0.25) is 11.8 Å². The summed E-state index contributed by atoms with van der Waals surface area (Å²) >= 11 is 0. The fraction of sp³-hybridized carbons (Fsp3) is 0.467. The first kappa shape index (κ1) is 15.3. The predicted octanol–water partition coefficient (Wildman–Crippen LogP) is 0.641. The van der Waals surface area contributed by atoms with Crippen LogP contribution in [-0.4, -0.2) is 41.2 Å². The summed E-state index contributed by atoms with van der Waals surface area (Å²) in [6.07, 6.45) is -0.772. The third-order valence-electron chi connectivity index (χ3n) is 3.54. The van der Waals surface area contributed by atoms with Gasteiger partial charge in [-0.2, -0.15) is 0 Å². The van der Waals surface area contributed by atoms with Gasteiger partial charge in [0.1, 0.15) is 11.9 Å². The number of amides is 2. The fourth-order valence-corrected chi connectivity index (χ4v) is 2.43. The normalized spacial score (nSPS) is 22.0. The number of aliphatic hydroxyl groups is 1. The van der Waals surface area contributed by atoms with Crippen molar-refractivity contribution in [2.24, 2.45) is 0 Å². The molecule has 1 saturated heterocycles. The number of benzene rings is 1. The third kappa shape index (κ3) is 3.72. The van der Waals surface area contributed by atoms with Crippen molar-refractivity contribution in [1.29, 1.82) is 0 Å². The highest BCUT2D eigenvalue weighted by Crippen LogP contribution is 2.21. The van der Waals surface area contributed by atoms with Crippen molar-refractivity contribution in [2.75, 3.05) is 7.11 Å². The molecular formula is C15H20N2O4. The van der Waals surface area contributed by atoms with Gasteiger partial charge in [0.25, 0.3) is 0 Å². The van der Waals surface area contributed by atoms with Crippen molar-refractivity contribution in [3.05, 3.63) is 29.8 Å². The fourth-order valence-electron chi connectivity index (χ4n) is 2.43. The Labute approximate surface area is 123 Å². The lowest BCUT2D eigenvalue weighted by Crippen LogP contribution is -2.59. The van der Waals surface area contributed by atoms with E-state index in [4.69, 9.17) is 4.74 Å². The Morgan fingerprint density at radius 1 is 1.43 bits per heavy atom. The summed E-state index contributed by atoms with van der Waals surface area (Å²) in [5.74, 6) is 0.394. The second kappa shape index (κ2) is 6.58. The molecule has 1 aliphatic heterocycles. The zero-order valence-corrected chi connectivity index (χ0v) is 12.2. The summed E-state index contributed by atoms with van der Waals surface area (Å²) < 4.78 is 5.09. The molecule has 0 bridgehead atoms. The molecule has 2 N–H and O–H groups in total. The third-order valence-corrected chi connectivity index (χ3v) is 3.54. The maximum Gasteiger partial charge on any atom is 0.224 e. The van der Waals surface area contributed by atoms with Crippen molar-refractivity contribution >= 4 is 11.8 Å². The van der Waals surface area contributed by atoms with E-state index in [1.54, 1.807) is 7.11 Å². The summed E-state index contributed by atoms with van der Waals surface area (Å²) in [6, 6.07) is 7.34. The summed E-state index contributed by atoms with van der Waals surface area (Å²) in [5.41, 5.74) is 0.911. The first-order valence-electron chi connectivity index (χ1n) is 6.89. The van der Waals surface area contributed by atoms with Crippen LogP contribution >= 0.6 is 0 Å². The van der Waals surface area contributed by atoms with Crippen LogP contribution < -0.4 is 10.1 Å². The highest BCUT2D eigenvalue weighted by atomic mass is 16.5. The van der Waals surface area contributed by atoms with Crippen molar-refractivity contribution in [3.8, 4) is 5.75 Å². The number of nitrogens with one attached hydrogen (secondary N) is 1. The first-order chi connectivity index (χ1) is 10.0. The molecule has 1 heterocycles. The van der Waals surface area contributed by atoms with Crippen molar-refractivity contribution < 1.29 is 19.4 Å². The summed E-state index contributed by atoms with van der Waals surface area (Å²) in [4.78, 5) is 24.9. The number of aliphatic hydroxyl groups excluding tert-OH is 1. The van der Waals surface area contributed by atoms with E-state index in [0.717, 1.165) is 11.3 Å². The molecule has 0 unspecified atom stereocenters. The largest absolute Gasteiger partial charge is 0.497 e. The van der Waals surface area contributed by atoms with Crippen LogP contribution in [0.5, 0.6) is 5.75 Å². The Morgan fingerprint density at radius 3 is 2.67 bits per heavy atom. The Hall–Kier alpha value is -2.08. The molecule has 0 spiro atoms. The number of carbonyl (C=O) groups excluding carboxylic acids is 2. The number of piperidine rings is 1. The van der Waals surface area contributed by atoms with E-state index in [2.05, 4.69) is 5.32 Å². The van der Waals surface area contributed by atoms with Crippen LogP contribution in [0.4, 0.5) is 0 Å². The molecule has 1 aromatic rings. The predicted molar refractivity (Wildman–Crippen MR) is 76.4 cm³/mol. The number of nitrogens with zero attached hydrogens (tertiary/aromatic N) is 1. The van der Waals surface area contributed by atoms with Crippen LogP contribution in [-0.2, 0) is 16.1 Å². The van der Waals surface area contributed by atoms with Crippen LogP contribution in [0.3, 0.4) is 0 Å². The highest BCUT2D eigenvalue weighted by Gasteiger charge is 2.35. The smallest absolute Gasteiger partial charge is 0.224 e. The number of hydrogen-bond donors (Lipinski definition) is 2. The topological polar surface area (TPSA) is 78.9 Å². The molecule has 0 aliphatic carbocycles. The van der Waals surface area contributed by atoms with Gasteiger partial charge in [0, 0.05) is 19.9 Å². The SMILES string of the molecule is COc1ccc(CN2C(=O)CC[C@H](O)[C@@H]2NC(C)=O)cc1. The molecule has 1 aromatic carbocycles. The summed E-state index contributed by atoms with van der Waals surface area (Å²) in [6.45, 7) is 1.71. The van der Waals surface area contributed by atoms with E-state index in [1.807, 2.05) is 24.3 Å². The molecule has 2 atom stereocenters. The van der Waals surface area contributed by atoms with Gasteiger partial charge in [0.15, 0.2) is 0 Å². The molecule has 2 amide bonds. The number of rotatable bonds is 4. The van der Waals surface area contributed by atoms with Gasteiger partial charge < -0.3 is 20.1 Å². The summed E-state index contributed by atoms with van der Waals surface area (Å²) in [5, 5.41) is 12.7. The Bertz CT molecular complexity index is 515. The molecule has 2 rings (SSSR count). The molecule has 0 radical (unpaired) electrons. The van der Waals surface area contributed by atoms with Gasteiger partial charge in [-0.05, 0) is 24.1 Å². The molecule has 1 fully saturated rings. The van der Waals surface area contributed by atoms with E-state index in [1.165, 1.54) is 11.8 Å². The quantitative estimate of drug-likeness (QED) is 0.853. The molecule has 21 heavy (non-hydrogen) atoms. The van der Waals surface area contributed by atoms with Crippen LogP contribution in [0, 0.1) is 0 Å². The Kier molecular flexibility index (Phi) is 4.80. The van der Waals surface area contributed by atoms with E-state index in [-0.39, 0.29) is 18.2 Å². The molecule has 6 heteroatoms. The van der Waals surface area contributed by atoms with Gasteiger partial charge in [-0.1, -0.05) is 12.1 Å². The molecule has 0 saturated carbocycles. The number of carbonyl (C=O) groups is 2. The van der Waals surface area contributed by atoms with Gasteiger partial charge in [0.05, 0.1) is 13.2 Å². The standard InChI is InChI=1S/C15H20N2O4/c1-10(18)16-15-13(19)7-8-14(20)17(15)9-11-3-5-12(21-2)6-4-11/h3-6,13,15,19H,7-9H2,1-2H3,(H,16,18)/t13-,15+/m0/s1. The zero-order valence-electron chi connectivity index (χ0n) is 12.2. The van der Waals surface area contributed by atoms with Gasteiger partial charge >= 0.3 is 0 Å². The van der Waals surface area contributed by atoms with Crippen molar-refractivity contribution in [1.82, 2.24) is 10.2 Å². The van der Waals surface area contributed by atoms with Gasteiger partial charge in [-0.15, -0.1) is 0 Å². The lowest BCUT2D eigenvalue weighted by molar-refractivity contribution is -0.146. The lowest BCUT2D eigenvalue weighted by Gasteiger charge is -2.39. The minimum atomic E-state index is -0.746. The molecule has 114 valence electrons. The average molecular weight is 292 g/mol. The van der Waals surface area contributed by atoms with Crippen LogP contribution in [0.1, 0.15) is 25.3 Å². The molecule has 0 aromatic heterocycles. The minimum absolute atomic E-state index is 0.0742. The Morgan fingerprint density at radius 2 is 2.10 bits per heavy atom. The number of ether oxygens (including phenoxy) is 1.